The van der Waals surface area contributed by atoms with Crippen LogP contribution in [0, 0.1) is 6.92 Å². The minimum absolute atomic E-state index is 0.0381. The predicted molar refractivity (Wildman–Crippen MR) is 74.1 cm³/mol. The van der Waals surface area contributed by atoms with Crippen molar-refractivity contribution < 1.29 is 4.79 Å². The van der Waals surface area contributed by atoms with E-state index in [0.717, 1.165) is 16.5 Å². The van der Waals surface area contributed by atoms with Crippen molar-refractivity contribution in [2.75, 3.05) is 0 Å². The van der Waals surface area contributed by atoms with Crippen molar-refractivity contribution in [3.05, 3.63) is 71.7 Å². The van der Waals surface area contributed by atoms with Crippen LogP contribution in [-0.4, -0.2) is 15.8 Å². The van der Waals surface area contributed by atoms with E-state index in [-0.39, 0.29) is 5.78 Å². The van der Waals surface area contributed by atoms with Gasteiger partial charge in [0, 0.05) is 35.1 Å². The molecule has 0 atom stereocenters. The first kappa shape index (κ1) is 11.5. The van der Waals surface area contributed by atoms with E-state index in [1.54, 1.807) is 18.6 Å². The lowest BCUT2D eigenvalue weighted by Crippen LogP contribution is -2.04. The Morgan fingerprint density at radius 1 is 1.11 bits per heavy atom. The maximum Gasteiger partial charge on any atom is 0.196 e. The highest BCUT2D eigenvalue weighted by molar-refractivity contribution is 6.10. The number of carbonyl (C=O) groups is 1. The molecule has 3 heteroatoms. The number of hydrogen-bond donors (Lipinski definition) is 0. The Labute approximate surface area is 111 Å². The lowest BCUT2D eigenvalue weighted by Gasteiger charge is -2.05. The fraction of sp³-hybridized carbons (Fsp3) is 0.0625. The number of hydrogen-bond acceptors (Lipinski definition) is 3. The van der Waals surface area contributed by atoms with Crippen molar-refractivity contribution in [2.45, 2.75) is 6.92 Å². The number of carbonyl (C=O) groups excluding carboxylic acids is 1. The van der Waals surface area contributed by atoms with Gasteiger partial charge in [-0.2, -0.15) is 0 Å². The molecule has 0 aliphatic carbocycles. The SMILES string of the molecule is Cc1ccncc1C(=O)c1cnc2ccccc2c1. The molecule has 2 aromatic heterocycles. The summed E-state index contributed by atoms with van der Waals surface area (Å²) in [6, 6.07) is 11.5. The van der Waals surface area contributed by atoms with Crippen LogP contribution in [0.2, 0.25) is 0 Å². The van der Waals surface area contributed by atoms with Crippen molar-refractivity contribution in [2.24, 2.45) is 0 Å². The molecule has 0 unspecified atom stereocenters. The molecule has 0 bridgehead atoms. The number of rotatable bonds is 2. The molecular formula is C16H12N2O. The van der Waals surface area contributed by atoms with Crippen molar-refractivity contribution in [1.29, 1.82) is 0 Å². The fourth-order valence-corrected chi connectivity index (χ4v) is 2.05. The first-order valence-corrected chi connectivity index (χ1v) is 6.06. The lowest BCUT2D eigenvalue weighted by molar-refractivity contribution is 0.103. The highest BCUT2D eigenvalue weighted by atomic mass is 16.1. The highest BCUT2D eigenvalue weighted by Gasteiger charge is 2.12. The van der Waals surface area contributed by atoms with E-state index in [1.165, 1.54) is 0 Å². The minimum Gasteiger partial charge on any atom is -0.288 e. The topological polar surface area (TPSA) is 42.9 Å². The fourth-order valence-electron chi connectivity index (χ4n) is 2.05. The summed E-state index contributed by atoms with van der Waals surface area (Å²) in [5.74, 6) is -0.0381. The standard InChI is InChI=1S/C16H12N2O/c1-11-6-7-17-10-14(11)16(19)13-8-12-4-2-3-5-15(12)18-9-13/h2-10H,1H3. The van der Waals surface area contributed by atoms with E-state index >= 15 is 0 Å². The third kappa shape index (κ3) is 2.10. The molecule has 92 valence electrons. The van der Waals surface area contributed by atoms with Gasteiger partial charge < -0.3 is 0 Å². The number of benzene rings is 1. The molecular weight excluding hydrogens is 236 g/mol. The summed E-state index contributed by atoms with van der Waals surface area (Å²) in [6.07, 6.45) is 4.91. The third-order valence-electron chi connectivity index (χ3n) is 3.14. The number of para-hydroxylation sites is 1. The summed E-state index contributed by atoms with van der Waals surface area (Å²) >= 11 is 0. The van der Waals surface area contributed by atoms with Crippen LogP contribution in [-0.2, 0) is 0 Å². The van der Waals surface area contributed by atoms with E-state index < -0.39 is 0 Å². The van der Waals surface area contributed by atoms with Crippen molar-refractivity contribution >= 4 is 16.7 Å². The number of aryl methyl sites for hydroxylation is 1. The Morgan fingerprint density at radius 2 is 1.95 bits per heavy atom. The average Bonchev–Trinajstić information content (AvgIpc) is 2.46. The Kier molecular flexibility index (Phi) is 2.80. The molecule has 1 aromatic carbocycles. The zero-order valence-electron chi connectivity index (χ0n) is 10.5. The average molecular weight is 248 g/mol. The molecule has 2 heterocycles. The van der Waals surface area contributed by atoms with Gasteiger partial charge in [-0.15, -0.1) is 0 Å². The van der Waals surface area contributed by atoms with Crippen LogP contribution in [0.25, 0.3) is 10.9 Å². The summed E-state index contributed by atoms with van der Waals surface area (Å²) in [5.41, 5.74) is 3.03. The second-order valence-corrected chi connectivity index (χ2v) is 4.44. The van der Waals surface area contributed by atoms with Crippen LogP contribution < -0.4 is 0 Å². The molecule has 3 aromatic rings. The lowest BCUT2D eigenvalue weighted by atomic mass is 10.0. The van der Waals surface area contributed by atoms with Crippen molar-refractivity contribution in [3.63, 3.8) is 0 Å². The summed E-state index contributed by atoms with van der Waals surface area (Å²) in [4.78, 5) is 20.8. The van der Waals surface area contributed by atoms with E-state index in [1.807, 2.05) is 43.3 Å². The molecule has 3 rings (SSSR count). The number of ketones is 1. The number of pyridine rings is 2. The van der Waals surface area contributed by atoms with Gasteiger partial charge in [-0.3, -0.25) is 14.8 Å². The van der Waals surface area contributed by atoms with Crippen LogP contribution in [0.4, 0.5) is 0 Å². The van der Waals surface area contributed by atoms with Crippen LogP contribution >= 0.6 is 0 Å². The first-order chi connectivity index (χ1) is 9.25. The minimum atomic E-state index is -0.0381. The molecule has 0 saturated carbocycles. The van der Waals surface area contributed by atoms with E-state index in [4.69, 9.17) is 0 Å². The van der Waals surface area contributed by atoms with Crippen LogP contribution in [0.5, 0.6) is 0 Å². The Bertz CT molecular complexity index is 765. The van der Waals surface area contributed by atoms with Crippen molar-refractivity contribution in [3.8, 4) is 0 Å². The number of fused-ring (bicyclic) bond motifs is 1. The second kappa shape index (κ2) is 4.61. The molecule has 0 fully saturated rings. The van der Waals surface area contributed by atoms with Gasteiger partial charge in [0.05, 0.1) is 5.52 Å². The number of nitrogens with zero attached hydrogens (tertiary/aromatic N) is 2. The van der Waals surface area contributed by atoms with Gasteiger partial charge in [0.1, 0.15) is 0 Å². The van der Waals surface area contributed by atoms with E-state index in [9.17, 15) is 4.79 Å². The van der Waals surface area contributed by atoms with Gasteiger partial charge in [0.2, 0.25) is 0 Å². The predicted octanol–water partition coefficient (Wildman–Crippen LogP) is 3.17. The monoisotopic (exact) mass is 248 g/mol. The Balaban J connectivity index is 2.09. The van der Waals surface area contributed by atoms with Crippen LogP contribution in [0.15, 0.2) is 55.0 Å². The van der Waals surface area contributed by atoms with Crippen molar-refractivity contribution in [1.82, 2.24) is 9.97 Å². The second-order valence-electron chi connectivity index (χ2n) is 4.44. The highest BCUT2D eigenvalue weighted by Crippen LogP contribution is 2.17. The van der Waals surface area contributed by atoms with Crippen LogP contribution in [0.3, 0.4) is 0 Å². The zero-order valence-corrected chi connectivity index (χ0v) is 10.5. The van der Waals surface area contributed by atoms with Gasteiger partial charge in [0.25, 0.3) is 0 Å². The molecule has 0 N–H and O–H groups in total. The van der Waals surface area contributed by atoms with E-state index in [0.29, 0.717) is 11.1 Å². The number of aromatic nitrogens is 2. The molecule has 0 aliphatic rings. The molecule has 0 spiro atoms. The smallest absolute Gasteiger partial charge is 0.196 e. The van der Waals surface area contributed by atoms with Gasteiger partial charge in [-0.05, 0) is 30.7 Å². The Hall–Kier alpha value is -2.55. The first-order valence-electron chi connectivity index (χ1n) is 6.06. The summed E-state index contributed by atoms with van der Waals surface area (Å²) < 4.78 is 0. The van der Waals surface area contributed by atoms with Crippen LogP contribution in [0.1, 0.15) is 21.5 Å². The van der Waals surface area contributed by atoms with Gasteiger partial charge in [-0.1, -0.05) is 18.2 Å². The quantitative estimate of drug-likeness (QED) is 0.654. The van der Waals surface area contributed by atoms with E-state index in [2.05, 4.69) is 9.97 Å². The summed E-state index contributed by atoms with van der Waals surface area (Å²) in [7, 11) is 0. The summed E-state index contributed by atoms with van der Waals surface area (Å²) in [6.45, 7) is 1.91. The maximum atomic E-state index is 12.4. The molecule has 0 radical (unpaired) electrons. The molecule has 19 heavy (non-hydrogen) atoms. The van der Waals surface area contributed by atoms with Gasteiger partial charge >= 0.3 is 0 Å². The molecule has 0 aliphatic heterocycles. The molecule has 0 saturated heterocycles. The largest absolute Gasteiger partial charge is 0.288 e. The Morgan fingerprint density at radius 3 is 2.79 bits per heavy atom. The van der Waals surface area contributed by atoms with Gasteiger partial charge in [-0.25, -0.2) is 0 Å². The third-order valence-corrected chi connectivity index (χ3v) is 3.14. The molecule has 0 amide bonds. The summed E-state index contributed by atoms with van der Waals surface area (Å²) in [5, 5.41) is 0.967. The normalized spacial score (nSPS) is 10.6. The zero-order chi connectivity index (χ0) is 13.2. The van der Waals surface area contributed by atoms with Gasteiger partial charge in [0.15, 0.2) is 5.78 Å². The molecule has 3 nitrogen and oxygen atoms in total. The maximum absolute atomic E-state index is 12.4.